The average Bonchev–Trinajstić information content (AvgIpc) is 2.46. The first kappa shape index (κ1) is 17.2. The maximum absolute atomic E-state index is 12.0. The van der Waals surface area contributed by atoms with Crippen LogP contribution in [0, 0.1) is 0 Å². The summed E-state index contributed by atoms with van der Waals surface area (Å²) < 4.78 is 28.8. The number of hydrogen-bond acceptors (Lipinski definition) is 5. The molecular weight excluding hydrogens is 292 g/mol. The molecule has 116 valence electrons. The maximum atomic E-state index is 12.0. The molecule has 1 aromatic rings. The second kappa shape index (κ2) is 8.46. The Morgan fingerprint density at radius 1 is 1.14 bits per heavy atom. The van der Waals surface area contributed by atoms with E-state index in [9.17, 15) is 13.2 Å². The third-order valence-electron chi connectivity index (χ3n) is 2.91. The highest BCUT2D eigenvalue weighted by atomic mass is 32.2. The first-order chi connectivity index (χ1) is 9.95. The lowest BCUT2D eigenvalue weighted by atomic mass is 10.2. The second-order valence-corrected chi connectivity index (χ2v) is 6.71. The summed E-state index contributed by atoms with van der Waals surface area (Å²) in [6.45, 7) is 3.62. The molecule has 6 heteroatoms. The SMILES string of the molecule is C=CC(=O)OCCCCCCS(=O)(=O)c1ccc(O)cc1. The summed E-state index contributed by atoms with van der Waals surface area (Å²) in [6.07, 6.45) is 3.93. The first-order valence-electron chi connectivity index (χ1n) is 6.76. The van der Waals surface area contributed by atoms with Gasteiger partial charge in [-0.05, 0) is 37.1 Å². The molecule has 0 aliphatic carbocycles. The molecule has 21 heavy (non-hydrogen) atoms. The van der Waals surface area contributed by atoms with Gasteiger partial charge in [-0.3, -0.25) is 0 Å². The minimum absolute atomic E-state index is 0.0445. The van der Waals surface area contributed by atoms with Crippen LogP contribution in [-0.2, 0) is 19.4 Å². The van der Waals surface area contributed by atoms with Gasteiger partial charge < -0.3 is 9.84 Å². The highest BCUT2D eigenvalue weighted by Crippen LogP contribution is 2.17. The molecule has 0 aromatic heterocycles. The molecule has 1 N–H and O–H groups in total. The molecule has 0 aliphatic heterocycles. The van der Waals surface area contributed by atoms with Crippen molar-refractivity contribution in [2.45, 2.75) is 30.6 Å². The predicted molar refractivity (Wildman–Crippen MR) is 79.8 cm³/mol. The molecule has 0 radical (unpaired) electrons. The van der Waals surface area contributed by atoms with Crippen molar-refractivity contribution in [3.8, 4) is 5.75 Å². The Labute approximate surface area is 125 Å². The second-order valence-electron chi connectivity index (χ2n) is 4.60. The van der Waals surface area contributed by atoms with E-state index >= 15 is 0 Å². The van der Waals surface area contributed by atoms with Crippen LogP contribution in [0.4, 0.5) is 0 Å². The van der Waals surface area contributed by atoms with Crippen molar-refractivity contribution in [2.75, 3.05) is 12.4 Å². The zero-order valence-electron chi connectivity index (χ0n) is 11.8. The van der Waals surface area contributed by atoms with E-state index in [4.69, 9.17) is 9.84 Å². The van der Waals surface area contributed by atoms with E-state index in [1.165, 1.54) is 24.3 Å². The van der Waals surface area contributed by atoms with E-state index in [1.807, 2.05) is 0 Å². The average molecular weight is 312 g/mol. The summed E-state index contributed by atoms with van der Waals surface area (Å²) in [4.78, 5) is 11.0. The Morgan fingerprint density at radius 2 is 1.76 bits per heavy atom. The topological polar surface area (TPSA) is 80.7 Å². The number of carbonyl (C=O) groups excluding carboxylic acids is 1. The molecule has 0 unspecified atom stereocenters. The highest BCUT2D eigenvalue weighted by molar-refractivity contribution is 7.91. The third kappa shape index (κ3) is 6.44. The molecule has 0 aliphatic rings. The Morgan fingerprint density at radius 3 is 2.38 bits per heavy atom. The summed E-state index contributed by atoms with van der Waals surface area (Å²) in [7, 11) is -3.30. The monoisotopic (exact) mass is 312 g/mol. The van der Waals surface area contributed by atoms with E-state index in [1.54, 1.807) is 0 Å². The molecule has 5 nitrogen and oxygen atoms in total. The van der Waals surface area contributed by atoms with Gasteiger partial charge in [0, 0.05) is 6.08 Å². The van der Waals surface area contributed by atoms with Crippen LogP contribution in [-0.4, -0.2) is 31.9 Å². The summed E-state index contributed by atoms with van der Waals surface area (Å²) in [5, 5.41) is 9.14. The van der Waals surface area contributed by atoms with Gasteiger partial charge in [-0.15, -0.1) is 0 Å². The van der Waals surface area contributed by atoms with Gasteiger partial charge in [0.1, 0.15) is 5.75 Å². The molecule has 0 spiro atoms. The van der Waals surface area contributed by atoms with Gasteiger partial charge in [0.15, 0.2) is 9.84 Å². The van der Waals surface area contributed by atoms with E-state index < -0.39 is 15.8 Å². The Balaban J connectivity index is 2.24. The van der Waals surface area contributed by atoms with Gasteiger partial charge in [-0.25, -0.2) is 13.2 Å². The first-order valence-corrected chi connectivity index (χ1v) is 8.42. The van der Waals surface area contributed by atoms with E-state index in [2.05, 4.69) is 6.58 Å². The number of phenolic OH excluding ortho intramolecular Hbond substituents is 1. The predicted octanol–water partition coefficient (Wildman–Crippen LogP) is 2.46. The van der Waals surface area contributed by atoms with Gasteiger partial charge >= 0.3 is 5.97 Å². The van der Waals surface area contributed by atoms with Crippen LogP contribution in [0.15, 0.2) is 41.8 Å². The lowest BCUT2D eigenvalue weighted by Crippen LogP contribution is -2.07. The number of phenols is 1. The van der Waals surface area contributed by atoms with Crippen molar-refractivity contribution in [2.24, 2.45) is 0 Å². The molecular formula is C15H20O5S. The number of sulfone groups is 1. The fourth-order valence-corrected chi connectivity index (χ4v) is 3.12. The zero-order chi connectivity index (χ0) is 15.7. The zero-order valence-corrected chi connectivity index (χ0v) is 12.6. The molecule has 0 amide bonds. The van der Waals surface area contributed by atoms with Crippen LogP contribution in [0.5, 0.6) is 5.75 Å². The van der Waals surface area contributed by atoms with Crippen molar-refractivity contribution in [1.29, 1.82) is 0 Å². The molecule has 0 fully saturated rings. The number of unbranched alkanes of at least 4 members (excludes halogenated alkanes) is 3. The van der Waals surface area contributed by atoms with Crippen LogP contribution in [0.1, 0.15) is 25.7 Å². The number of aromatic hydroxyl groups is 1. The van der Waals surface area contributed by atoms with Crippen LogP contribution in [0.25, 0.3) is 0 Å². The van der Waals surface area contributed by atoms with Gasteiger partial charge in [0.05, 0.1) is 17.3 Å². The number of ether oxygens (including phenoxy) is 1. The van der Waals surface area contributed by atoms with Crippen LogP contribution in [0.3, 0.4) is 0 Å². The number of benzene rings is 1. The van der Waals surface area contributed by atoms with Crippen LogP contribution < -0.4 is 0 Å². The van der Waals surface area contributed by atoms with E-state index in [-0.39, 0.29) is 16.4 Å². The molecule has 0 bridgehead atoms. The Kier molecular flexibility index (Phi) is 6.94. The number of hydrogen-bond donors (Lipinski definition) is 1. The lowest BCUT2D eigenvalue weighted by molar-refractivity contribution is -0.137. The number of esters is 1. The van der Waals surface area contributed by atoms with E-state index in [0.29, 0.717) is 19.4 Å². The highest BCUT2D eigenvalue weighted by Gasteiger charge is 2.13. The van der Waals surface area contributed by atoms with Crippen molar-refractivity contribution >= 4 is 15.8 Å². The van der Waals surface area contributed by atoms with E-state index in [0.717, 1.165) is 18.9 Å². The quantitative estimate of drug-likeness (QED) is 0.430. The summed E-state index contributed by atoms with van der Waals surface area (Å²) in [6, 6.07) is 5.53. The van der Waals surface area contributed by atoms with Crippen LogP contribution >= 0.6 is 0 Å². The maximum Gasteiger partial charge on any atom is 0.330 e. The van der Waals surface area contributed by atoms with Crippen molar-refractivity contribution in [3.63, 3.8) is 0 Å². The third-order valence-corrected chi connectivity index (χ3v) is 4.73. The van der Waals surface area contributed by atoms with Crippen molar-refractivity contribution in [1.82, 2.24) is 0 Å². The molecule has 0 atom stereocenters. The Hall–Kier alpha value is -1.82. The molecule has 0 heterocycles. The van der Waals surface area contributed by atoms with Crippen molar-refractivity contribution < 1.29 is 23.1 Å². The summed E-state index contributed by atoms with van der Waals surface area (Å²) >= 11 is 0. The van der Waals surface area contributed by atoms with Gasteiger partial charge in [-0.1, -0.05) is 19.4 Å². The Bertz CT molecular complexity index is 560. The standard InChI is InChI=1S/C15H20O5S/c1-2-15(17)20-11-5-3-4-6-12-21(18,19)14-9-7-13(16)8-10-14/h2,7-10,16H,1,3-6,11-12H2. The van der Waals surface area contributed by atoms with Crippen molar-refractivity contribution in [3.05, 3.63) is 36.9 Å². The number of rotatable bonds is 9. The number of carbonyl (C=O) groups is 1. The van der Waals surface area contributed by atoms with Gasteiger partial charge in [0.25, 0.3) is 0 Å². The fourth-order valence-electron chi connectivity index (χ4n) is 1.75. The largest absolute Gasteiger partial charge is 0.508 e. The minimum Gasteiger partial charge on any atom is -0.508 e. The smallest absolute Gasteiger partial charge is 0.330 e. The molecule has 1 rings (SSSR count). The van der Waals surface area contributed by atoms with Crippen LogP contribution in [0.2, 0.25) is 0 Å². The van der Waals surface area contributed by atoms with Gasteiger partial charge in [-0.2, -0.15) is 0 Å². The van der Waals surface area contributed by atoms with Gasteiger partial charge in [0.2, 0.25) is 0 Å². The molecule has 0 saturated heterocycles. The normalized spacial score (nSPS) is 11.0. The summed E-state index contributed by atoms with van der Waals surface area (Å²) in [5.74, 6) is -0.322. The molecule has 0 saturated carbocycles. The lowest BCUT2D eigenvalue weighted by Gasteiger charge is -2.05. The fraction of sp³-hybridized carbons (Fsp3) is 0.400. The summed E-state index contributed by atoms with van der Waals surface area (Å²) in [5.41, 5.74) is 0. The molecule has 1 aromatic carbocycles. The minimum atomic E-state index is -3.30.